The van der Waals surface area contributed by atoms with E-state index in [0.29, 0.717) is 17.2 Å². The van der Waals surface area contributed by atoms with E-state index < -0.39 is 4.92 Å². The van der Waals surface area contributed by atoms with Crippen LogP contribution in [0.2, 0.25) is 0 Å². The summed E-state index contributed by atoms with van der Waals surface area (Å²) in [6.07, 6.45) is 4.85. The van der Waals surface area contributed by atoms with Gasteiger partial charge in [0.2, 0.25) is 0 Å². The van der Waals surface area contributed by atoms with Crippen LogP contribution in [0.15, 0.2) is 54.7 Å². The summed E-state index contributed by atoms with van der Waals surface area (Å²) >= 11 is 0. The fourth-order valence-corrected chi connectivity index (χ4v) is 3.03. The molecule has 130 valence electrons. The molecule has 3 aromatic rings. The molecule has 0 bridgehead atoms. The molecule has 2 aromatic carbocycles. The molecule has 0 aliphatic rings. The Morgan fingerprint density at radius 3 is 2.77 bits per heavy atom. The van der Waals surface area contributed by atoms with Gasteiger partial charge in [-0.15, -0.1) is 0 Å². The van der Waals surface area contributed by atoms with Crippen LogP contribution in [0.3, 0.4) is 0 Å². The second kappa shape index (κ2) is 7.24. The number of para-hydroxylation sites is 1. The Labute approximate surface area is 151 Å². The predicted molar refractivity (Wildman–Crippen MR) is 104 cm³/mol. The number of benzene rings is 2. The molecule has 0 aliphatic carbocycles. The van der Waals surface area contributed by atoms with Crippen LogP contribution in [0.1, 0.15) is 37.4 Å². The van der Waals surface area contributed by atoms with Gasteiger partial charge in [0, 0.05) is 40.8 Å². The number of nitro groups is 1. The van der Waals surface area contributed by atoms with Crippen LogP contribution in [0.5, 0.6) is 0 Å². The molecule has 0 fully saturated rings. The highest BCUT2D eigenvalue weighted by molar-refractivity contribution is 5.98. The van der Waals surface area contributed by atoms with Gasteiger partial charge in [-0.3, -0.25) is 10.1 Å². The average molecular weight is 345 g/mol. The monoisotopic (exact) mass is 345 g/mol. The Balaban J connectivity index is 2.15. The van der Waals surface area contributed by atoms with E-state index in [-0.39, 0.29) is 5.69 Å². The summed E-state index contributed by atoms with van der Waals surface area (Å²) in [6, 6.07) is 16.8. The number of aromatic nitrogens is 1. The van der Waals surface area contributed by atoms with E-state index in [1.807, 2.05) is 24.4 Å². The highest BCUT2D eigenvalue weighted by atomic mass is 16.6. The summed E-state index contributed by atoms with van der Waals surface area (Å²) in [6.45, 7) is 4.30. The first kappa shape index (κ1) is 17.4. The minimum Gasteiger partial charge on any atom is -0.344 e. The number of allylic oxidation sites excluding steroid dienone is 1. The van der Waals surface area contributed by atoms with E-state index in [1.54, 1.807) is 18.2 Å². The van der Waals surface area contributed by atoms with Gasteiger partial charge in [0.05, 0.1) is 16.6 Å². The van der Waals surface area contributed by atoms with Crippen molar-refractivity contribution < 1.29 is 4.92 Å². The zero-order chi connectivity index (χ0) is 18.7. The van der Waals surface area contributed by atoms with Crippen molar-refractivity contribution in [2.75, 3.05) is 0 Å². The molecule has 1 unspecified atom stereocenters. The van der Waals surface area contributed by atoms with Gasteiger partial charge < -0.3 is 4.57 Å². The Bertz CT molecular complexity index is 1040. The molecule has 0 saturated heterocycles. The zero-order valence-electron chi connectivity index (χ0n) is 14.7. The summed E-state index contributed by atoms with van der Waals surface area (Å²) in [5.41, 5.74) is 2.97. The van der Waals surface area contributed by atoms with Crippen molar-refractivity contribution in [3.8, 4) is 6.07 Å². The van der Waals surface area contributed by atoms with Crippen LogP contribution in [-0.2, 0) is 0 Å². The highest BCUT2D eigenvalue weighted by Crippen LogP contribution is 2.29. The lowest BCUT2D eigenvalue weighted by Gasteiger charge is -2.12. The predicted octanol–water partition coefficient (Wildman–Crippen LogP) is 5.58. The molecule has 0 aliphatic heterocycles. The molecular weight excluding hydrogens is 326 g/mol. The van der Waals surface area contributed by atoms with E-state index in [2.05, 4.69) is 30.6 Å². The minimum absolute atomic E-state index is 0.0225. The average Bonchev–Trinajstić information content (AvgIpc) is 3.04. The molecule has 0 N–H and O–H groups in total. The molecule has 1 aromatic heterocycles. The SMILES string of the molecule is CCC(C)n1cc(C=C(C#N)c2cccc([N+](=O)[O-])c2)c2ccccc21. The molecule has 0 spiro atoms. The topological polar surface area (TPSA) is 71.9 Å². The summed E-state index contributed by atoms with van der Waals surface area (Å²) < 4.78 is 2.21. The van der Waals surface area contributed by atoms with Gasteiger partial charge in [-0.25, -0.2) is 0 Å². The molecule has 26 heavy (non-hydrogen) atoms. The van der Waals surface area contributed by atoms with Crippen molar-refractivity contribution in [2.24, 2.45) is 0 Å². The second-order valence-electron chi connectivity index (χ2n) is 6.24. The largest absolute Gasteiger partial charge is 0.344 e. The fraction of sp³-hybridized carbons (Fsp3) is 0.190. The van der Waals surface area contributed by atoms with Gasteiger partial charge >= 0.3 is 0 Å². The number of nitrogens with zero attached hydrogens (tertiary/aromatic N) is 3. The second-order valence-corrected chi connectivity index (χ2v) is 6.24. The number of rotatable bonds is 5. The van der Waals surface area contributed by atoms with Crippen molar-refractivity contribution in [1.29, 1.82) is 5.26 Å². The molecular formula is C21H19N3O2. The zero-order valence-corrected chi connectivity index (χ0v) is 14.7. The van der Waals surface area contributed by atoms with Gasteiger partial charge in [-0.1, -0.05) is 37.3 Å². The third-order valence-corrected chi connectivity index (χ3v) is 4.63. The maximum atomic E-state index is 11.0. The van der Waals surface area contributed by atoms with Crippen molar-refractivity contribution in [3.05, 3.63) is 76.0 Å². The van der Waals surface area contributed by atoms with Crippen molar-refractivity contribution in [3.63, 3.8) is 0 Å². The normalized spacial score (nSPS) is 12.7. The van der Waals surface area contributed by atoms with E-state index in [0.717, 1.165) is 22.9 Å². The number of fused-ring (bicyclic) bond motifs is 1. The smallest absolute Gasteiger partial charge is 0.270 e. The van der Waals surface area contributed by atoms with Crippen molar-refractivity contribution in [1.82, 2.24) is 4.57 Å². The standard InChI is InChI=1S/C21H19N3O2/c1-3-15(2)23-14-18(20-9-4-5-10-21(20)23)11-17(13-22)16-7-6-8-19(12-16)24(25)26/h4-12,14-15H,3H2,1-2H3. The molecule has 5 nitrogen and oxygen atoms in total. The first-order valence-corrected chi connectivity index (χ1v) is 8.51. The summed E-state index contributed by atoms with van der Waals surface area (Å²) in [7, 11) is 0. The van der Waals surface area contributed by atoms with Crippen LogP contribution < -0.4 is 0 Å². The van der Waals surface area contributed by atoms with Crippen LogP contribution in [-0.4, -0.2) is 9.49 Å². The van der Waals surface area contributed by atoms with Gasteiger partial charge in [0.15, 0.2) is 0 Å². The molecule has 0 radical (unpaired) electrons. The van der Waals surface area contributed by atoms with E-state index in [4.69, 9.17) is 0 Å². The molecule has 0 saturated carbocycles. The molecule has 1 atom stereocenters. The summed E-state index contributed by atoms with van der Waals surface area (Å²) in [5, 5.41) is 21.7. The minimum atomic E-state index is -0.451. The lowest BCUT2D eigenvalue weighted by Crippen LogP contribution is -2.01. The van der Waals surface area contributed by atoms with Crippen LogP contribution in [0, 0.1) is 21.4 Å². The van der Waals surface area contributed by atoms with E-state index >= 15 is 0 Å². The number of nitriles is 1. The van der Waals surface area contributed by atoms with Crippen LogP contribution in [0.4, 0.5) is 5.69 Å². The quantitative estimate of drug-likeness (QED) is 0.344. The highest BCUT2D eigenvalue weighted by Gasteiger charge is 2.13. The van der Waals surface area contributed by atoms with Crippen LogP contribution in [0.25, 0.3) is 22.6 Å². The molecule has 3 rings (SSSR count). The van der Waals surface area contributed by atoms with Crippen LogP contribution >= 0.6 is 0 Å². The third-order valence-electron chi connectivity index (χ3n) is 4.63. The molecule has 5 heteroatoms. The lowest BCUT2D eigenvalue weighted by atomic mass is 10.0. The number of hydrogen-bond acceptors (Lipinski definition) is 3. The van der Waals surface area contributed by atoms with E-state index in [1.165, 1.54) is 12.1 Å². The molecule has 0 amide bonds. The van der Waals surface area contributed by atoms with Crippen molar-refractivity contribution in [2.45, 2.75) is 26.3 Å². The fourth-order valence-electron chi connectivity index (χ4n) is 3.03. The van der Waals surface area contributed by atoms with Gasteiger partial charge in [-0.05, 0) is 31.1 Å². The van der Waals surface area contributed by atoms with Gasteiger partial charge in [0.25, 0.3) is 5.69 Å². The Morgan fingerprint density at radius 1 is 1.31 bits per heavy atom. The molecule has 1 heterocycles. The summed E-state index contributed by atoms with van der Waals surface area (Å²) in [5.74, 6) is 0. The number of nitro benzene ring substituents is 1. The van der Waals surface area contributed by atoms with E-state index in [9.17, 15) is 15.4 Å². The Hall–Kier alpha value is -3.39. The first-order chi connectivity index (χ1) is 12.5. The summed E-state index contributed by atoms with van der Waals surface area (Å²) in [4.78, 5) is 10.6. The third kappa shape index (κ3) is 3.22. The van der Waals surface area contributed by atoms with Gasteiger partial charge in [-0.2, -0.15) is 5.26 Å². The van der Waals surface area contributed by atoms with Gasteiger partial charge in [0.1, 0.15) is 0 Å². The Kier molecular flexibility index (Phi) is 4.85. The lowest BCUT2D eigenvalue weighted by molar-refractivity contribution is -0.384. The number of non-ortho nitro benzene ring substituents is 1. The van der Waals surface area contributed by atoms with Crippen molar-refractivity contribution >= 4 is 28.2 Å². The maximum absolute atomic E-state index is 11.0. The first-order valence-electron chi connectivity index (χ1n) is 8.51. The maximum Gasteiger partial charge on any atom is 0.270 e. The number of hydrogen-bond donors (Lipinski definition) is 0. The Morgan fingerprint density at radius 2 is 2.08 bits per heavy atom.